The number of hydrogen-bond acceptors (Lipinski definition) is 3. The third kappa shape index (κ3) is 3.94. The fraction of sp³-hybridized carbons (Fsp3) is 1.00. The van der Waals surface area contributed by atoms with E-state index in [4.69, 9.17) is 4.74 Å². The number of nitrogens with zero attached hydrogens (tertiary/aromatic N) is 2. The van der Waals surface area contributed by atoms with Crippen molar-refractivity contribution in [3.05, 3.63) is 0 Å². The van der Waals surface area contributed by atoms with Gasteiger partial charge in [0.05, 0.1) is 5.60 Å². The lowest BCUT2D eigenvalue weighted by Crippen LogP contribution is -2.56. The Labute approximate surface area is 113 Å². The van der Waals surface area contributed by atoms with Crippen molar-refractivity contribution in [2.75, 3.05) is 13.1 Å². The van der Waals surface area contributed by atoms with Gasteiger partial charge in [0.15, 0.2) is 6.35 Å². The summed E-state index contributed by atoms with van der Waals surface area (Å²) in [5.74, 6) is 0. The standard InChI is InChI=1S/C15H32N2O/c1-13(2,3)16-10-11-17(14(4,5)6)12(16)18-15(7,8)9/h12H,10-11H2,1-9H3. The maximum Gasteiger partial charge on any atom is 0.170 e. The minimum absolute atomic E-state index is 0.0741. The Morgan fingerprint density at radius 2 is 1.06 bits per heavy atom. The molecular formula is C15H32N2O. The third-order valence-corrected chi connectivity index (χ3v) is 3.30. The average Bonchev–Trinajstić information content (AvgIpc) is 2.41. The van der Waals surface area contributed by atoms with Gasteiger partial charge in [-0.15, -0.1) is 0 Å². The first-order chi connectivity index (χ1) is 7.82. The highest BCUT2D eigenvalue weighted by molar-refractivity contribution is 4.91. The zero-order valence-electron chi connectivity index (χ0n) is 13.8. The molecule has 1 aliphatic rings. The Hall–Kier alpha value is -0.120. The molecule has 1 saturated heterocycles. The lowest BCUT2D eigenvalue weighted by Gasteiger charge is -2.45. The van der Waals surface area contributed by atoms with Crippen molar-refractivity contribution in [2.45, 2.75) is 85.3 Å². The molecule has 0 unspecified atom stereocenters. The smallest absolute Gasteiger partial charge is 0.170 e. The Morgan fingerprint density at radius 1 is 0.722 bits per heavy atom. The summed E-state index contributed by atoms with van der Waals surface area (Å²) in [5, 5.41) is 0. The van der Waals surface area contributed by atoms with Crippen LogP contribution in [0.4, 0.5) is 0 Å². The molecule has 0 atom stereocenters. The highest BCUT2D eigenvalue weighted by Gasteiger charge is 2.44. The molecule has 1 fully saturated rings. The molecule has 0 saturated carbocycles. The van der Waals surface area contributed by atoms with E-state index in [1.165, 1.54) is 0 Å². The Kier molecular flexibility index (Phi) is 4.22. The van der Waals surface area contributed by atoms with Crippen molar-refractivity contribution in [1.29, 1.82) is 0 Å². The molecule has 1 heterocycles. The summed E-state index contributed by atoms with van der Waals surface area (Å²) in [5.41, 5.74) is 0.147. The van der Waals surface area contributed by atoms with Crippen molar-refractivity contribution in [1.82, 2.24) is 9.80 Å². The summed E-state index contributed by atoms with van der Waals surface area (Å²) in [7, 11) is 0. The minimum Gasteiger partial charge on any atom is -0.344 e. The summed E-state index contributed by atoms with van der Waals surface area (Å²) in [6, 6.07) is 0. The molecule has 18 heavy (non-hydrogen) atoms. The van der Waals surface area contributed by atoms with Crippen LogP contribution < -0.4 is 0 Å². The maximum absolute atomic E-state index is 6.33. The molecule has 3 heteroatoms. The molecule has 0 aliphatic carbocycles. The second-order valence-corrected chi connectivity index (χ2v) is 8.28. The molecule has 0 bridgehead atoms. The van der Waals surface area contributed by atoms with Gasteiger partial charge >= 0.3 is 0 Å². The van der Waals surface area contributed by atoms with Crippen LogP contribution in [0.15, 0.2) is 0 Å². The van der Waals surface area contributed by atoms with Gasteiger partial charge in [-0.1, -0.05) is 0 Å². The quantitative estimate of drug-likeness (QED) is 0.716. The van der Waals surface area contributed by atoms with E-state index in [-0.39, 0.29) is 23.0 Å². The maximum atomic E-state index is 6.33. The highest BCUT2D eigenvalue weighted by Crippen LogP contribution is 2.32. The topological polar surface area (TPSA) is 15.7 Å². The predicted octanol–water partition coefficient (Wildman–Crippen LogP) is 3.30. The zero-order valence-corrected chi connectivity index (χ0v) is 13.8. The first-order valence-corrected chi connectivity index (χ1v) is 7.04. The van der Waals surface area contributed by atoms with Gasteiger partial charge in [-0.25, -0.2) is 0 Å². The summed E-state index contributed by atoms with van der Waals surface area (Å²) in [6.07, 6.45) is 0.0741. The molecule has 3 nitrogen and oxygen atoms in total. The minimum atomic E-state index is -0.123. The van der Waals surface area contributed by atoms with Gasteiger partial charge in [0.1, 0.15) is 0 Å². The van der Waals surface area contributed by atoms with E-state index < -0.39 is 0 Å². The first kappa shape index (κ1) is 15.9. The van der Waals surface area contributed by atoms with E-state index in [1.807, 2.05) is 0 Å². The number of ether oxygens (including phenoxy) is 1. The Bertz CT molecular complexity index is 258. The van der Waals surface area contributed by atoms with Gasteiger partial charge in [-0.2, -0.15) is 0 Å². The molecule has 0 N–H and O–H groups in total. The predicted molar refractivity (Wildman–Crippen MR) is 77.5 cm³/mol. The second-order valence-electron chi connectivity index (χ2n) is 8.28. The summed E-state index contributed by atoms with van der Waals surface area (Å²) >= 11 is 0. The van der Waals surface area contributed by atoms with Gasteiger partial charge in [-0.3, -0.25) is 9.80 Å². The Morgan fingerprint density at radius 3 is 1.28 bits per heavy atom. The average molecular weight is 256 g/mol. The van der Waals surface area contributed by atoms with E-state index in [9.17, 15) is 0 Å². The molecule has 0 aromatic heterocycles. The van der Waals surface area contributed by atoms with Crippen molar-refractivity contribution < 1.29 is 4.74 Å². The molecular weight excluding hydrogens is 224 g/mol. The summed E-state index contributed by atoms with van der Waals surface area (Å²) in [6.45, 7) is 22.1. The summed E-state index contributed by atoms with van der Waals surface area (Å²) < 4.78 is 6.33. The van der Waals surface area contributed by atoms with Crippen LogP contribution in [-0.4, -0.2) is 45.9 Å². The molecule has 0 aromatic carbocycles. The normalized spacial score (nSPS) is 21.8. The van der Waals surface area contributed by atoms with Gasteiger partial charge < -0.3 is 4.74 Å². The van der Waals surface area contributed by atoms with Crippen LogP contribution in [0.2, 0.25) is 0 Å². The second kappa shape index (κ2) is 4.77. The van der Waals surface area contributed by atoms with Crippen LogP contribution in [0.5, 0.6) is 0 Å². The fourth-order valence-electron chi connectivity index (χ4n) is 2.38. The SMILES string of the molecule is CC(C)(C)OC1N(C(C)(C)C)CCN1C(C)(C)C. The molecule has 0 aromatic rings. The van der Waals surface area contributed by atoms with Gasteiger partial charge in [0.2, 0.25) is 0 Å². The van der Waals surface area contributed by atoms with Crippen molar-refractivity contribution in [3.8, 4) is 0 Å². The van der Waals surface area contributed by atoms with Crippen LogP contribution in [0, 0.1) is 0 Å². The number of rotatable bonds is 1. The van der Waals surface area contributed by atoms with E-state index in [0.717, 1.165) is 13.1 Å². The molecule has 108 valence electrons. The molecule has 1 aliphatic heterocycles. The lowest BCUT2D eigenvalue weighted by molar-refractivity contribution is -0.206. The zero-order chi connectivity index (χ0) is 14.4. The van der Waals surface area contributed by atoms with Crippen LogP contribution in [0.25, 0.3) is 0 Å². The molecule has 1 rings (SSSR count). The number of hydrogen-bond donors (Lipinski definition) is 0. The van der Waals surface area contributed by atoms with E-state index in [2.05, 4.69) is 72.1 Å². The summed E-state index contributed by atoms with van der Waals surface area (Å²) in [4.78, 5) is 4.92. The highest BCUT2D eigenvalue weighted by atomic mass is 16.5. The fourth-order valence-corrected chi connectivity index (χ4v) is 2.38. The van der Waals surface area contributed by atoms with Crippen molar-refractivity contribution in [2.24, 2.45) is 0 Å². The first-order valence-electron chi connectivity index (χ1n) is 7.04. The van der Waals surface area contributed by atoms with Crippen LogP contribution in [-0.2, 0) is 4.74 Å². The Balaban J connectivity index is 2.97. The van der Waals surface area contributed by atoms with Crippen LogP contribution in [0.1, 0.15) is 62.3 Å². The van der Waals surface area contributed by atoms with Crippen molar-refractivity contribution >= 4 is 0 Å². The largest absolute Gasteiger partial charge is 0.344 e. The molecule has 0 radical (unpaired) electrons. The van der Waals surface area contributed by atoms with Crippen LogP contribution >= 0.6 is 0 Å². The van der Waals surface area contributed by atoms with E-state index in [1.54, 1.807) is 0 Å². The van der Waals surface area contributed by atoms with E-state index in [0.29, 0.717) is 0 Å². The monoisotopic (exact) mass is 256 g/mol. The van der Waals surface area contributed by atoms with Gasteiger partial charge in [-0.05, 0) is 62.3 Å². The van der Waals surface area contributed by atoms with Crippen molar-refractivity contribution in [3.63, 3.8) is 0 Å². The van der Waals surface area contributed by atoms with Gasteiger partial charge in [0, 0.05) is 24.2 Å². The van der Waals surface area contributed by atoms with E-state index >= 15 is 0 Å². The van der Waals surface area contributed by atoms with Crippen LogP contribution in [0.3, 0.4) is 0 Å². The van der Waals surface area contributed by atoms with Gasteiger partial charge in [0.25, 0.3) is 0 Å². The lowest BCUT2D eigenvalue weighted by atomic mass is 10.1. The molecule has 0 spiro atoms. The third-order valence-electron chi connectivity index (χ3n) is 3.30. The molecule has 0 amide bonds.